The van der Waals surface area contributed by atoms with Crippen molar-refractivity contribution in [3.63, 3.8) is 0 Å². The lowest BCUT2D eigenvalue weighted by atomic mass is 9.87. The van der Waals surface area contributed by atoms with Crippen LogP contribution in [-0.2, 0) is 21.4 Å². The van der Waals surface area contributed by atoms with E-state index >= 15 is 0 Å². The third-order valence-electron chi connectivity index (χ3n) is 6.67. The first-order chi connectivity index (χ1) is 20.5. The SMILES string of the molecule is CC(=O)CC(c1ccccc1)c1c(OC(=O)c2cc(S(N)(=O)=O)c(Cl)cc2NCc2ccco2)c2ccccc2oc1=O. The lowest BCUT2D eigenvalue weighted by molar-refractivity contribution is -0.117. The summed E-state index contributed by atoms with van der Waals surface area (Å²) in [4.78, 5) is 39.3. The smallest absolute Gasteiger partial charge is 0.345 e. The number of para-hydroxylation sites is 1. The van der Waals surface area contributed by atoms with Crippen LogP contribution in [0.2, 0.25) is 5.02 Å². The van der Waals surface area contributed by atoms with E-state index in [-0.39, 0.29) is 51.9 Å². The summed E-state index contributed by atoms with van der Waals surface area (Å²) in [6.07, 6.45) is 1.39. The van der Waals surface area contributed by atoms with Crippen LogP contribution in [0.15, 0.2) is 104 Å². The molecule has 12 heteroatoms. The number of esters is 1. The summed E-state index contributed by atoms with van der Waals surface area (Å²) >= 11 is 6.23. The maximum absolute atomic E-state index is 13.9. The summed E-state index contributed by atoms with van der Waals surface area (Å²) in [7, 11) is -4.34. The van der Waals surface area contributed by atoms with E-state index in [1.807, 2.05) is 0 Å². The van der Waals surface area contributed by atoms with Gasteiger partial charge >= 0.3 is 11.6 Å². The molecule has 0 radical (unpaired) electrons. The zero-order chi connectivity index (χ0) is 30.7. The number of nitrogens with two attached hydrogens (primary N) is 1. The first-order valence-electron chi connectivity index (χ1n) is 13.0. The Morgan fingerprint density at radius 1 is 1.02 bits per heavy atom. The second kappa shape index (κ2) is 12.3. The molecule has 0 saturated heterocycles. The molecule has 0 spiro atoms. The molecule has 0 saturated carbocycles. The van der Waals surface area contributed by atoms with Crippen molar-refractivity contribution in [1.82, 2.24) is 0 Å². The highest BCUT2D eigenvalue weighted by molar-refractivity contribution is 7.89. The number of carbonyl (C=O) groups excluding carboxylic acids is 2. The highest BCUT2D eigenvalue weighted by Crippen LogP contribution is 2.38. The van der Waals surface area contributed by atoms with E-state index in [4.69, 9.17) is 30.3 Å². The van der Waals surface area contributed by atoms with Crippen molar-refractivity contribution < 1.29 is 31.6 Å². The lowest BCUT2D eigenvalue weighted by Gasteiger charge is -2.20. The minimum Gasteiger partial charge on any atom is -0.467 e. The fourth-order valence-electron chi connectivity index (χ4n) is 4.74. The van der Waals surface area contributed by atoms with Gasteiger partial charge in [0.2, 0.25) is 10.0 Å². The monoisotopic (exact) mass is 620 g/mol. The van der Waals surface area contributed by atoms with Gasteiger partial charge in [-0.3, -0.25) is 4.79 Å². The minimum atomic E-state index is -4.34. The number of carbonyl (C=O) groups is 2. The molecule has 43 heavy (non-hydrogen) atoms. The van der Waals surface area contributed by atoms with Crippen LogP contribution in [0.1, 0.15) is 46.5 Å². The molecule has 1 atom stereocenters. The van der Waals surface area contributed by atoms with Gasteiger partial charge in [0.05, 0.1) is 40.0 Å². The predicted octanol–water partition coefficient (Wildman–Crippen LogP) is 5.63. The Labute approximate surface area is 251 Å². The number of sulfonamides is 1. The van der Waals surface area contributed by atoms with Crippen molar-refractivity contribution in [2.24, 2.45) is 5.14 Å². The van der Waals surface area contributed by atoms with E-state index < -0.39 is 32.4 Å². The summed E-state index contributed by atoms with van der Waals surface area (Å²) in [5, 5.41) is 8.43. The van der Waals surface area contributed by atoms with Crippen molar-refractivity contribution in [3.05, 3.63) is 123 Å². The Morgan fingerprint density at radius 3 is 2.42 bits per heavy atom. The normalized spacial score (nSPS) is 12.2. The molecule has 5 rings (SSSR count). The first-order valence-corrected chi connectivity index (χ1v) is 14.9. The molecule has 0 aliphatic rings. The number of hydrogen-bond donors (Lipinski definition) is 2. The van der Waals surface area contributed by atoms with Crippen LogP contribution in [0.25, 0.3) is 11.0 Å². The van der Waals surface area contributed by atoms with Gasteiger partial charge in [0.1, 0.15) is 22.0 Å². The Kier molecular flexibility index (Phi) is 8.49. The number of ketones is 1. The van der Waals surface area contributed by atoms with Gasteiger partial charge < -0.3 is 18.9 Å². The van der Waals surface area contributed by atoms with Crippen LogP contribution in [-0.4, -0.2) is 20.2 Å². The maximum Gasteiger partial charge on any atom is 0.345 e. The van der Waals surface area contributed by atoms with Crippen molar-refractivity contribution in [2.45, 2.75) is 30.7 Å². The molecule has 1 unspecified atom stereocenters. The number of primary sulfonamides is 1. The van der Waals surface area contributed by atoms with Gasteiger partial charge in [-0.1, -0.05) is 54.1 Å². The molecule has 0 aliphatic heterocycles. The number of halogens is 1. The number of hydrogen-bond acceptors (Lipinski definition) is 9. The summed E-state index contributed by atoms with van der Waals surface area (Å²) in [5.41, 5.74) is -0.178. The number of fused-ring (bicyclic) bond motifs is 1. The second-order valence-corrected chi connectivity index (χ2v) is 11.6. The van der Waals surface area contributed by atoms with Gasteiger partial charge in [-0.15, -0.1) is 0 Å². The lowest BCUT2D eigenvalue weighted by Crippen LogP contribution is -2.21. The molecule has 3 aromatic carbocycles. The quantitative estimate of drug-likeness (QED) is 0.149. The van der Waals surface area contributed by atoms with Crippen molar-refractivity contribution >= 4 is 50.0 Å². The molecular weight excluding hydrogens is 596 g/mol. The Balaban J connectivity index is 1.68. The standard InChI is InChI=1S/C31H25ClN2O8S/c1-18(35)14-22(19-8-3-2-4-9-19)28-29(21-11-5-6-12-26(21)41-31(28)37)42-30(36)23-15-27(43(33,38)39)24(32)16-25(23)34-17-20-10-7-13-40-20/h2-13,15-16,22,34H,14,17H2,1H3,(H2,33,38,39). The summed E-state index contributed by atoms with van der Waals surface area (Å²) in [6.45, 7) is 1.51. The van der Waals surface area contributed by atoms with Crippen molar-refractivity contribution in [2.75, 3.05) is 5.32 Å². The largest absolute Gasteiger partial charge is 0.467 e. The van der Waals surface area contributed by atoms with Gasteiger partial charge in [-0.2, -0.15) is 0 Å². The Hall–Kier alpha value is -4.71. The average molecular weight is 621 g/mol. The van der Waals surface area contributed by atoms with Gasteiger partial charge in [-0.05, 0) is 48.9 Å². The van der Waals surface area contributed by atoms with Gasteiger partial charge in [0, 0.05) is 12.3 Å². The number of nitrogens with one attached hydrogen (secondary N) is 1. The fourth-order valence-corrected chi connectivity index (χ4v) is 5.83. The number of Topliss-reactive ketones (excluding diaryl/α,β-unsaturated/α-hetero) is 1. The summed E-state index contributed by atoms with van der Waals surface area (Å²) < 4.78 is 41.4. The van der Waals surface area contributed by atoms with Crippen molar-refractivity contribution in [3.8, 4) is 5.75 Å². The van der Waals surface area contributed by atoms with Gasteiger partial charge in [0.15, 0.2) is 5.75 Å². The number of furan rings is 1. The zero-order valence-corrected chi connectivity index (χ0v) is 24.3. The number of ether oxygens (including phenoxy) is 1. The van der Waals surface area contributed by atoms with Crippen molar-refractivity contribution in [1.29, 1.82) is 0 Å². The molecule has 2 heterocycles. The molecule has 0 fully saturated rings. The van der Waals surface area contributed by atoms with Crippen LogP contribution in [0, 0.1) is 0 Å². The topological polar surface area (TPSA) is 159 Å². The maximum atomic E-state index is 13.9. The minimum absolute atomic E-state index is 0.0424. The fraction of sp³-hybridized carbons (Fsp3) is 0.129. The molecule has 0 aliphatic carbocycles. The zero-order valence-electron chi connectivity index (χ0n) is 22.7. The summed E-state index contributed by atoms with van der Waals surface area (Å²) in [5.74, 6) is -1.65. The molecule has 5 aromatic rings. The number of benzene rings is 3. The third-order valence-corrected chi connectivity index (χ3v) is 8.04. The average Bonchev–Trinajstić information content (AvgIpc) is 3.48. The molecule has 2 aromatic heterocycles. The molecule has 10 nitrogen and oxygen atoms in total. The first kappa shape index (κ1) is 29.8. The second-order valence-electron chi connectivity index (χ2n) is 9.69. The number of anilines is 1. The molecule has 3 N–H and O–H groups in total. The van der Waals surface area contributed by atoms with E-state index in [0.29, 0.717) is 16.7 Å². The molecule has 220 valence electrons. The van der Waals surface area contributed by atoms with E-state index in [0.717, 1.165) is 6.07 Å². The Morgan fingerprint density at radius 2 is 1.74 bits per heavy atom. The van der Waals surface area contributed by atoms with Gasteiger partial charge in [-0.25, -0.2) is 23.1 Å². The highest BCUT2D eigenvalue weighted by Gasteiger charge is 2.30. The number of rotatable bonds is 10. The van der Waals surface area contributed by atoms with Crippen LogP contribution in [0.3, 0.4) is 0 Å². The molecular formula is C31H25ClN2O8S. The third kappa shape index (κ3) is 6.54. The predicted molar refractivity (Wildman–Crippen MR) is 160 cm³/mol. The Bertz CT molecular complexity index is 1990. The van der Waals surface area contributed by atoms with Crippen LogP contribution < -0.4 is 20.8 Å². The summed E-state index contributed by atoms with van der Waals surface area (Å²) in [6, 6.07) is 20.9. The molecule has 0 amide bonds. The van der Waals surface area contributed by atoms with Crippen LogP contribution in [0.4, 0.5) is 5.69 Å². The van der Waals surface area contributed by atoms with Crippen LogP contribution >= 0.6 is 11.6 Å². The van der Waals surface area contributed by atoms with E-state index in [1.54, 1.807) is 60.7 Å². The van der Waals surface area contributed by atoms with Gasteiger partial charge in [0.25, 0.3) is 0 Å². The van der Waals surface area contributed by atoms with Crippen LogP contribution in [0.5, 0.6) is 5.75 Å². The highest BCUT2D eigenvalue weighted by atomic mass is 35.5. The van der Waals surface area contributed by atoms with E-state index in [1.165, 1.54) is 25.3 Å². The van der Waals surface area contributed by atoms with E-state index in [9.17, 15) is 22.8 Å². The van der Waals surface area contributed by atoms with E-state index in [2.05, 4.69) is 5.32 Å². The molecule has 0 bridgehead atoms.